The van der Waals surface area contributed by atoms with Crippen molar-refractivity contribution in [1.29, 1.82) is 0 Å². The van der Waals surface area contributed by atoms with Crippen LogP contribution in [0, 0.1) is 13.8 Å². The van der Waals surface area contributed by atoms with Crippen molar-refractivity contribution in [3.8, 4) is 22.9 Å². The number of rotatable bonds is 6. The molecule has 0 unspecified atom stereocenters. The minimum Gasteiger partial charge on any atom is -0.486 e. The number of fused-ring (bicyclic) bond motifs is 1. The molecule has 0 amide bonds. The molecule has 2 atom stereocenters. The van der Waals surface area contributed by atoms with Gasteiger partial charge in [-0.1, -0.05) is 23.2 Å². The molecule has 34 heavy (non-hydrogen) atoms. The van der Waals surface area contributed by atoms with Crippen molar-refractivity contribution in [2.75, 3.05) is 13.2 Å². The number of aromatic nitrogens is 4. The van der Waals surface area contributed by atoms with Crippen molar-refractivity contribution in [3.63, 3.8) is 0 Å². The second kappa shape index (κ2) is 9.41. The summed E-state index contributed by atoms with van der Waals surface area (Å²) >= 11 is 12.8. The molecule has 1 aromatic carbocycles. The second-order valence-electron chi connectivity index (χ2n) is 8.41. The first-order valence-electron chi connectivity index (χ1n) is 11.1. The van der Waals surface area contributed by atoms with E-state index in [2.05, 4.69) is 20.2 Å². The summed E-state index contributed by atoms with van der Waals surface area (Å²) < 4.78 is 17.6. The summed E-state index contributed by atoms with van der Waals surface area (Å²) in [5.74, 6) is 1.30. The Bertz CT molecular complexity index is 1350. The summed E-state index contributed by atoms with van der Waals surface area (Å²) in [7, 11) is 0. The van der Waals surface area contributed by atoms with E-state index in [1.165, 1.54) is 0 Å². The first kappa shape index (κ1) is 22.9. The number of hydrogen-bond donors (Lipinski definition) is 1. The number of halogens is 2. The Morgan fingerprint density at radius 1 is 1.15 bits per heavy atom. The average Bonchev–Trinajstić information content (AvgIpc) is 3.48. The van der Waals surface area contributed by atoms with Crippen molar-refractivity contribution < 1.29 is 14.2 Å². The van der Waals surface area contributed by atoms with E-state index in [1.54, 1.807) is 12.4 Å². The van der Waals surface area contributed by atoms with Gasteiger partial charge in [0.2, 0.25) is 5.88 Å². The van der Waals surface area contributed by atoms with Crippen molar-refractivity contribution in [2.45, 2.75) is 39.4 Å². The van der Waals surface area contributed by atoms with E-state index in [-0.39, 0.29) is 12.2 Å². The molecule has 4 heterocycles. The maximum atomic E-state index is 6.46. The van der Waals surface area contributed by atoms with Gasteiger partial charge in [0.1, 0.15) is 23.7 Å². The highest BCUT2D eigenvalue weighted by atomic mass is 35.5. The zero-order valence-electron chi connectivity index (χ0n) is 19.1. The molecular weight excluding hydrogens is 475 g/mol. The Morgan fingerprint density at radius 3 is 2.76 bits per heavy atom. The molecule has 0 spiro atoms. The minimum atomic E-state index is -0.366. The Morgan fingerprint density at radius 2 is 2.00 bits per heavy atom. The molecule has 0 radical (unpaired) electrons. The van der Waals surface area contributed by atoms with Gasteiger partial charge < -0.3 is 14.2 Å². The molecule has 0 aliphatic carbocycles. The van der Waals surface area contributed by atoms with E-state index < -0.39 is 0 Å². The van der Waals surface area contributed by atoms with Crippen molar-refractivity contribution >= 4 is 34.1 Å². The lowest BCUT2D eigenvalue weighted by atomic mass is 10.1. The smallest absolute Gasteiger partial charge is 0.216 e. The first-order chi connectivity index (χ1) is 16.4. The zero-order valence-corrected chi connectivity index (χ0v) is 20.6. The number of nitrogens with one attached hydrogen (secondary N) is 1. The zero-order chi connectivity index (χ0) is 23.8. The summed E-state index contributed by atoms with van der Waals surface area (Å²) in [5.41, 5.74) is 4.94. The molecule has 0 bridgehead atoms. The standard InChI is InChI=1S/C25H24Cl2N4O3/c1-13-8-16(10-29-25(13)34-18-6-7-32-12-18)24-19-9-17(4-5-21(19)30-31-24)33-15(3)22-20(26)11-28-14(2)23(22)27/h4-5,8-11,15,18H,6-7,12H2,1-3H3,(H,30,31)/t15-,18+/m1/s1. The average molecular weight is 499 g/mol. The van der Waals surface area contributed by atoms with Gasteiger partial charge >= 0.3 is 0 Å². The molecule has 3 aromatic heterocycles. The molecule has 176 valence electrons. The largest absolute Gasteiger partial charge is 0.486 e. The quantitative estimate of drug-likeness (QED) is 0.338. The summed E-state index contributed by atoms with van der Waals surface area (Å²) in [6.07, 6.45) is 3.94. The lowest BCUT2D eigenvalue weighted by molar-refractivity contribution is 0.137. The van der Waals surface area contributed by atoms with Crippen LogP contribution in [0.15, 0.2) is 36.7 Å². The van der Waals surface area contributed by atoms with Gasteiger partial charge in [-0.25, -0.2) is 4.98 Å². The van der Waals surface area contributed by atoms with Crippen molar-refractivity contribution in [3.05, 3.63) is 63.5 Å². The maximum absolute atomic E-state index is 6.46. The molecule has 5 rings (SSSR count). The second-order valence-corrected chi connectivity index (χ2v) is 9.19. The highest BCUT2D eigenvalue weighted by molar-refractivity contribution is 6.36. The lowest BCUT2D eigenvalue weighted by Gasteiger charge is -2.18. The third-order valence-electron chi connectivity index (χ3n) is 5.91. The molecule has 0 saturated carbocycles. The highest BCUT2D eigenvalue weighted by Crippen LogP contribution is 2.36. The predicted octanol–water partition coefficient (Wildman–Crippen LogP) is 6.25. The molecule has 1 N–H and O–H groups in total. The molecule has 1 aliphatic heterocycles. The maximum Gasteiger partial charge on any atom is 0.216 e. The summed E-state index contributed by atoms with van der Waals surface area (Å²) in [6, 6.07) is 7.81. The van der Waals surface area contributed by atoms with Crippen LogP contribution in [0.4, 0.5) is 0 Å². The van der Waals surface area contributed by atoms with Crippen molar-refractivity contribution in [1.82, 2.24) is 20.2 Å². The Labute approximate surface area is 207 Å². The SMILES string of the molecule is Cc1cc(-c2n[nH]c3ccc(O[C@H](C)c4c(Cl)cnc(C)c4Cl)cc23)cnc1O[C@H]1CCOC1. The minimum absolute atomic E-state index is 0.0520. The number of aromatic amines is 1. The molecule has 9 heteroatoms. The third-order valence-corrected chi connectivity index (χ3v) is 6.68. The fraction of sp³-hybridized carbons (Fsp3) is 0.320. The Balaban J connectivity index is 1.42. The third kappa shape index (κ3) is 4.43. The number of ether oxygens (including phenoxy) is 3. The normalized spacial score (nSPS) is 16.7. The molecular formula is C25H24Cl2N4O3. The van der Waals surface area contributed by atoms with Gasteiger partial charge in [-0.2, -0.15) is 5.10 Å². The lowest BCUT2D eigenvalue weighted by Crippen LogP contribution is -2.17. The van der Waals surface area contributed by atoms with E-state index in [1.807, 2.05) is 45.0 Å². The number of aryl methyl sites for hydroxylation is 2. The van der Waals surface area contributed by atoms with E-state index in [4.69, 9.17) is 37.4 Å². The number of hydrogen-bond acceptors (Lipinski definition) is 6. The van der Waals surface area contributed by atoms with Gasteiger partial charge in [-0.3, -0.25) is 10.1 Å². The molecule has 7 nitrogen and oxygen atoms in total. The van der Waals surface area contributed by atoms with Crippen LogP contribution in [0.1, 0.15) is 36.3 Å². The number of pyridine rings is 2. The van der Waals surface area contributed by atoms with Gasteiger partial charge in [0.15, 0.2) is 0 Å². The topological polar surface area (TPSA) is 82.2 Å². The fourth-order valence-corrected chi connectivity index (χ4v) is 4.73. The van der Waals surface area contributed by atoms with Gasteiger partial charge in [0.25, 0.3) is 0 Å². The van der Waals surface area contributed by atoms with E-state index in [0.29, 0.717) is 39.5 Å². The summed E-state index contributed by atoms with van der Waals surface area (Å²) in [4.78, 5) is 8.74. The molecule has 1 saturated heterocycles. The van der Waals surface area contributed by atoms with Crippen LogP contribution < -0.4 is 9.47 Å². The van der Waals surface area contributed by atoms with Crippen LogP contribution in [0.25, 0.3) is 22.2 Å². The fourth-order valence-electron chi connectivity index (χ4n) is 4.08. The van der Waals surface area contributed by atoms with E-state index in [0.717, 1.165) is 40.8 Å². The van der Waals surface area contributed by atoms with Crippen LogP contribution in [-0.4, -0.2) is 39.5 Å². The monoisotopic (exact) mass is 498 g/mol. The van der Waals surface area contributed by atoms with Crippen LogP contribution in [0.2, 0.25) is 10.0 Å². The van der Waals surface area contributed by atoms with Crippen molar-refractivity contribution in [2.24, 2.45) is 0 Å². The number of nitrogens with zero attached hydrogens (tertiary/aromatic N) is 3. The van der Waals surface area contributed by atoms with E-state index in [9.17, 15) is 0 Å². The summed E-state index contributed by atoms with van der Waals surface area (Å²) in [5, 5.41) is 9.52. The first-order valence-corrected chi connectivity index (χ1v) is 11.8. The molecule has 4 aromatic rings. The highest BCUT2D eigenvalue weighted by Gasteiger charge is 2.21. The van der Waals surface area contributed by atoms with E-state index >= 15 is 0 Å². The van der Waals surface area contributed by atoms with Gasteiger partial charge in [0.05, 0.1) is 34.5 Å². The Hall–Kier alpha value is -2.87. The van der Waals surface area contributed by atoms with Crippen LogP contribution in [-0.2, 0) is 4.74 Å². The van der Waals surface area contributed by atoms with Crippen LogP contribution in [0.5, 0.6) is 11.6 Å². The van der Waals surface area contributed by atoms with Crippen LogP contribution >= 0.6 is 23.2 Å². The van der Waals surface area contributed by atoms with Crippen LogP contribution in [0.3, 0.4) is 0 Å². The summed E-state index contributed by atoms with van der Waals surface area (Å²) in [6.45, 7) is 7.06. The van der Waals surface area contributed by atoms with Gasteiger partial charge in [0, 0.05) is 40.9 Å². The number of benzene rings is 1. The van der Waals surface area contributed by atoms with Gasteiger partial charge in [-0.15, -0.1) is 0 Å². The predicted molar refractivity (Wildman–Crippen MR) is 132 cm³/mol. The number of H-pyrrole nitrogens is 1. The molecule has 1 fully saturated rings. The Kier molecular flexibility index (Phi) is 6.34. The molecule has 1 aliphatic rings. The van der Waals surface area contributed by atoms with Gasteiger partial charge in [-0.05, 0) is 45.0 Å².